The normalized spacial score (nSPS) is 16.0. The second kappa shape index (κ2) is 3.95. The van der Waals surface area contributed by atoms with Gasteiger partial charge in [0, 0.05) is 13.1 Å². The molecule has 4 nitrogen and oxygen atoms in total. The second-order valence-corrected chi connectivity index (χ2v) is 5.79. The van der Waals surface area contributed by atoms with Crippen molar-refractivity contribution >= 4 is 32.7 Å². The van der Waals surface area contributed by atoms with Gasteiger partial charge in [0.05, 0.1) is 16.1 Å². The van der Waals surface area contributed by atoms with Crippen molar-refractivity contribution < 1.29 is 9.90 Å². The molecule has 0 saturated carbocycles. The first-order valence-corrected chi connectivity index (χ1v) is 6.72. The van der Waals surface area contributed by atoms with Gasteiger partial charge in [0.2, 0.25) is 0 Å². The minimum atomic E-state index is -0.709. The Hall–Kier alpha value is -1.62. The van der Waals surface area contributed by atoms with Gasteiger partial charge in [-0.15, -0.1) is 0 Å². The highest BCUT2D eigenvalue weighted by Crippen LogP contribution is 2.35. The molecule has 0 atom stereocenters. The van der Waals surface area contributed by atoms with Gasteiger partial charge in [-0.1, -0.05) is 23.5 Å². The Morgan fingerprint density at radius 3 is 2.67 bits per heavy atom. The van der Waals surface area contributed by atoms with E-state index >= 15 is 0 Å². The van der Waals surface area contributed by atoms with Crippen LogP contribution in [-0.4, -0.2) is 29.1 Å². The van der Waals surface area contributed by atoms with Crippen molar-refractivity contribution in [3.63, 3.8) is 0 Å². The van der Waals surface area contributed by atoms with E-state index in [1.165, 1.54) is 15.8 Å². The number of thiazole rings is 1. The number of fused-ring (bicyclic) bond motifs is 1. The lowest BCUT2D eigenvalue weighted by atomic mass is 10.0. The third kappa shape index (κ3) is 1.66. The smallest absolute Gasteiger partial charge is 0.310 e. The SMILES string of the molecule is Cc1ccc(C)c2sc(N3CC(C(=O)O)C3)nc12. The zero-order valence-corrected chi connectivity index (χ0v) is 11.1. The van der Waals surface area contributed by atoms with Crippen LogP contribution in [0.1, 0.15) is 11.1 Å². The number of aliphatic carboxylic acids is 1. The van der Waals surface area contributed by atoms with E-state index in [9.17, 15) is 4.79 Å². The van der Waals surface area contributed by atoms with Crippen molar-refractivity contribution in [2.24, 2.45) is 5.92 Å². The summed E-state index contributed by atoms with van der Waals surface area (Å²) in [6.45, 7) is 5.29. The summed E-state index contributed by atoms with van der Waals surface area (Å²) in [6.07, 6.45) is 0. The first kappa shape index (κ1) is 11.5. The van der Waals surface area contributed by atoms with Crippen LogP contribution in [0.25, 0.3) is 10.2 Å². The molecule has 1 aliphatic heterocycles. The molecule has 0 spiro atoms. The molecule has 0 amide bonds. The van der Waals surface area contributed by atoms with Gasteiger partial charge in [-0.3, -0.25) is 4.79 Å². The fourth-order valence-corrected chi connectivity index (χ4v) is 3.30. The molecule has 94 valence electrons. The topological polar surface area (TPSA) is 53.4 Å². The molecule has 1 aromatic heterocycles. The molecule has 0 bridgehead atoms. The minimum Gasteiger partial charge on any atom is -0.481 e. The van der Waals surface area contributed by atoms with Gasteiger partial charge in [-0.25, -0.2) is 4.98 Å². The molecule has 1 aromatic carbocycles. The van der Waals surface area contributed by atoms with Crippen LogP contribution in [0, 0.1) is 19.8 Å². The Morgan fingerprint density at radius 1 is 1.39 bits per heavy atom. The van der Waals surface area contributed by atoms with Crippen LogP contribution in [-0.2, 0) is 4.79 Å². The molecule has 1 saturated heterocycles. The average Bonchev–Trinajstić information content (AvgIpc) is 2.66. The van der Waals surface area contributed by atoms with E-state index in [2.05, 4.69) is 31.0 Å². The highest BCUT2D eigenvalue weighted by molar-refractivity contribution is 7.22. The molecule has 3 rings (SSSR count). The van der Waals surface area contributed by atoms with E-state index < -0.39 is 5.97 Å². The lowest BCUT2D eigenvalue weighted by Gasteiger charge is -2.36. The van der Waals surface area contributed by atoms with Crippen molar-refractivity contribution in [2.75, 3.05) is 18.0 Å². The highest BCUT2D eigenvalue weighted by Gasteiger charge is 2.34. The van der Waals surface area contributed by atoms with Crippen LogP contribution in [0.15, 0.2) is 12.1 Å². The molecule has 1 aliphatic rings. The van der Waals surface area contributed by atoms with Gasteiger partial charge >= 0.3 is 5.97 Å². The van der Waals surface area contributed by atoms with Crippen LogP contribution in [0.5, 0.6) is 0 Å². The summed E-state index contributed by atoms with van der Waals surface area (Å²) in [5.41, 5.74) is 3.46. The molecule has 18 heavy (non-hydrogen) atoms. The summed E-state index contributed by atoms with van der Waals surface area (Å²) in [6, 6.07) is 4.19. The number of benzene rings is 1. The number of carboxylic acid groups (broad SMARTS) is 1. The van der Waals surface area contributed by atoms with Crippen molar-refractivity contribution in [2.45, 2.75) is 13.8 Å². The van der Waals surface area contributed by atoms with Gasteiger partial charge < -0.3 is 10.0 Å². The van der Waals surface area contributed by atoms with Crippen LogP contribution in [0.4, 0.5) is 5.13 Å². The third-order valence-corrected chi connectivity index (χ3v) is 4.68. The maximum atomic E-state index is 10.8. The highest BCUT2D eigenvalue weighted by atomic mass is 32.1. The molecule has 0 aliphatic carbocycles. The third-order valence-electron chi connectivity index (χ3n) is 3.43. The maximum absolute atomic E-state index is 10.8. The zero-order chi connectivity index (χ0) is 12.9. The van der Waals surface area contributed by atoms with Crippen LogP contribution in [0.3, 0.4) is 0 Å². The molecule has 0 radical (unpaired) electrons. The Bertz CT molecular complexity index is 590. The fraction of sp³-hybridized carbons (Fsp3) is 0.385. The Kier molecular flexibility index (Phi) is 2.52. The maximum Gasteiger partial charge on any atom is 0.310 e. The first-order valence-electron chi connectivity index (χ1n) is 5.91. The number of hydrogen-bond donors (Lipinski definition) is 1. The zero-order valence-electron chi connectivity index (χ0n) is 10.3. The summed E-state index contributed by atoms with van der Waals surface area (Å²) in [7, 11) is 0. The number of hydrogen-bond acceptors (Lipinski definition) is 4. The summed E-state index contributed by atoms with van der Waals surface area (Å²) in [4.78, 5) is 17.5. The van der Waals surface area contributed by atoms with E-state index in [0.717, 1.165) is 10.6 Å². The van der Waals surface area contributed by atoms with Crippen molar-refractivity contribution in [3.05, 3.63) is 23.3 Å². The number of aromatic nitrogens is 1. The summed E-state index contributed by atoms with van der Waals surface area (Å²) in [5.74, 6) is -0.945. The molecular formula is C13H14N2O2S. The molecule has 0 unspecified atom stereocenters. The predicted octanol–water partition coefficient (Wildman–Crippen LogP) is 2.43. The molecule has 2 aromatic rings. The van der Waals surface area contributed by atoms with Gasteiger partial charge in [0.15, 0.2) is 5.13 Å². The number of carbonyl (C=O) groups is 1. The van der Waals surface area contributed by atoms with Gasteiger partial charge in [0.25, 0.3) is 0 Å². The molecule has 2 heterocycles. The average molecular weight is 262 g/mol. The number of nitrogens with zero attached hydrogens (tertiary/aromatic N) is 2. The predicted molar refractivity (Wildman–Crippen MR) is 72.4 cm³/mol. The molecule has 1 N–H and O–H groups in total. The lowest BCUT2D eigenvalue weighted by Crippen LogP contribution is -2.50. The summed E-state index contributed by atoms with van der Waals surface area (Å²) >= 11 is 1.66. The standard InChI is InChI=1S/C13H14N2O2S/c1-7-3-4-8(2)11-10(7)14-13(18-11)15-5-9(6-15)12(16)17/h3-4,9H,5-6H2,1-2H3,(H,16,17). The van der Waals surface area contributed by atoms with E-state index in [1.54, 1.807) is 11.3 Å². The Morgan fingerprint density at radius 2 is 2.06 bits per heavy atom. The van der Waals surface area contributed by atoms with Gasteiger partial charge in [-0.05, 0) is 25.0 Å². The lowest BCUT2D eigenvalue weighted by molar-refractivity contribution is -0.142. The largest absolute Gasteiger partial charge is 0.481 e. The van der Waals surface area contributed by atoms with E-state index in [4.69, 9.17) is 5.11 Å². The Labute approximate surface area is 109 Å². The van der Waals surface area contributed by atoms with E-state index in [-0.39, 0.29) is 5.92 Å². The monoisotopic (exact) mass is 262 g/mol. The van der Waals surface area contributed by atoms with E-state index in [1.807, 2.05) is 4.90 Å². The van der Waals surface area contributed by atoms with Crippen LogP contribution in [0.2, 0.25) is 0 Å². The van der Waals surface area contributed by atoms with Gasteiger partial charge in [0.1, 0.15) is 0 Å². The molecule has 5 heteroatoms. The number of rotatable bonds is 2. The number of anilines is 1. The quantitative estimate of drug-likeness (QED) is 0.903. The van der Waals surface area contributed by atoms with Crippen molar-refractivity contribution in [3.8, 4) is 0 Å². The minimum absolute atomic E-state index is 0.237. The second-order valence-electron chi connectivity index (χ2n) is 4.81. The fourth-order valence-electron chi connectivity index (χ4n) is 2.17. The van der Waals surface area contributed by atoms with Crippen LogP contribution >= 0.6 is 11.3 Å². The van der Waals surface area contributed by atoms with Crippen molar-refractivity contribution in [1.29, 1.82) is 0 Å². The Balaban J connectivity index is 1.93. The number of carboxylic acids is 1. The molecule has 1 fully saturated rings. The van der Waals surface area contributed by atoms with Crippen molar-refractivity contribution in [1.82, 2.24) is 4.98 Å². The first-order chi connectivity index (χ1) is 8.56. The molecular weight excluding hydrogens is 248 g/mol. The van der Waals surface area contributed by atoms with Gasteiger partial charge in [-0.2, -0.15) is 0 Å². The van der Waals surface area contributed by atoms with Crippen LogP contribution < -0.4 is 4.90 Å². The number of aryl methyl sites for hydroxylation is 2. The summed E-state index contributed by atoms with van der Waals surface area (Å²) < 4.78 is 1.21. The summed E-state index contributed by atoms with van der Waals surface area (Å²) in [5, 5.41) is 9.83. The van der Waals surface area contributed by atoms with E-state index in [0.29, 0.717) is 13.1 Å².